The average Bonchev–Trinajstić information content (AvgIpc) is 2.72. The summed E-state index contributed by atoms with van der Waals surface area (Å²) >= 11 is 12.4. The molecule has 0 radical (unpaired) electrons. The van der Waals surface area contributed by atoms with Crippen molar-refractivity contribution >= 4 is 38.9 Å². The predicted octanol–water partition coefficient (Wildman–Crippen LogP) is 4.98. The lowest BCUT2D eigenvalue weighted by atomic mass is 10.2. The zero-order valence-corrected chi connectivity index (χ0v) is 18.7. The van der Waals surface area contributed by atoms with Crippen LogP contribution >= 0.6 is 23.2 Å². The minimum Gasteiger partial charge on any atom is -0.493 e. The third kappa shape index (κ3) is 6.01. The summed E-state index contributed by atoms with van der Waals surface area (Å²) in [5.41, 5.74) is 2.12. The minimum atomic E-state index is -3.74. The highest BCUT2D eigenvalue weighted by Gasteiger charge is 2.14. The first-order chi connectivity index (χ1) is 14.7. The first-order valence-electron chi connectivity index (χ1n) is 8.97. The summed E-state index contributed by atoms with van der Waals surface area (Å²) in [6, 6.07) is 13.6. The number of nitrogens with one attached hydrogen (secondary N) is 1. The van der Waals surface area contributed by atoms with Crippen molar-refractivity contribution in [2.75, 3.05) is 12.4 Å². The van der Waals surface area contributed by atoms with E-state index in [9.17, 15) is 12.8 Å². The number of anilines is 1. The second-order valence-corrected chi connectivity index (χ2v) is 8.93. The second-order valence-electron chi connectivity index (χ2n) is 6.56. The van der Waals surface area contributed by atoms with Gasteiger partial charge in [-0.05, 0) is 54.1 Å². The fourth-order valence-electron chi connectivity index (χ4n) is 2.77. The van der Waals surface area contributed by atoms with Crippen LogP contribution in [0.4, 0.5) is 10.1 Å². The van der Waals surface area contributed by atoms with Crippen LogP contribution in [0.15, 0.2) is 59.5 Å². The van der Waals surface area contributed by atoms with Gasteiger partial charge in [0.25, 0.3) is 0 Å². The van der Waals surface area contributed by atoms with Crippen molar-refractivity contribution in [3.8, 4) is 11.5 Å². The highest BCUT2D eigenvalue weighted by atomic mass is 35.5. The van der Waals surface area contributed by atoms with E-state index >= 15 is 0 Å². The Morgan fingerprint density at radius 2 is 1.74 bits per heavy atom. The van der Waals surface area contributed by atoms with Gasteiger partial charge in [0.1, 0.15) is 12.4 Å². The summed E-state index contributed by atoms with van der Waals surface area (Å²) in [6.45, 7) is 0.484. The van der Waals surface area contributed by atoms with Crippen LogP contribution in [0.3, 0.4) is 0 Å². The van der Waals surface area contributed by atoms with Crippen molar-refractivity contribution in [1.29, 1.82) is 0 Å². The Kier molecular flexibility index (Phi) is 7.27. The SMILES string of the molecule is COc1cc(CNc2ccc(S(N)(=O)=O)cc2)cc(Cl)c1OCc1ccc(F)cc1Cl. The average molecular weight is 485 g/mol. The third-order valence-electron chi connectivity index (χ3n) is 4.36. The zero-order chi connectivity index (χ0) is 22.6. The molecule has 0 fully saturated rings. The molecule has 0 heterocycles. The number of sulfonamides is 1. The topological polar surface area (TPSA) is 90.6 Å². The number of hydrogen-bond acceptors (Lipinski definition) is 5. The molecule has 10 heteroatoms. The zero-order valence-electron chi connectivity index (χ0n) is 16.4. The Balaban J connectivity index is 1.71. The fraction of sp³-hybridized carbons (Fsp3) is 0.143. The van der Waals surface area contributed by atoms with Crippen LogP contribution in [0.2, 0.25) is 10.0 Å². The molecule has 0 aliphatic heterocycles. The van der Waals surface area contributed by atoms with Crippen LogP contribution in [0.5, 0.6) is 11.5 Å². The van der Waals surface area contributed by atoms with E-state index in [2.05, 4.69) is 5.32 Å². The van der Waals surface area contributed by atoms with Crippen LogP contribution < -0.4 is 19.9 Å². The van der Waals surface area contributed by atoms with Gasteiger partial charge in [-0.1, -0.05) is 29.3 Å². The van der Waals surface area contributed by atoms with E-state index in [0.29, 0.717) is 34.3 Å². The number of ether oxygens (including phenoxy) is 2. The maximum absolute atomic E-state index is 13.2. The molecule has 0 bridgehead atoms. The van der Waals surface area contributed by atoms with Gasteiger partial charge in [0.15, 0.2) is 11.5 Å². The number of halogens is 3. The van der Waals surface area contributed by atoms with Gasteiger partial charge in [-0.25, -0.2) is 17.9 Å². The lowest BCUT2D eigenvalue weighted by Gasteiger charge is -2.15. The number of nitrogens with two attached hydrogens (primary N) is 1. The van der Waals surface area contributed by atoms with E-state index in [-0.39, 0.29) is 16.5 Å². The molecule has 0 amide bonds. The second kappa shape index (κ2) is 9.74. The Bertz CT molecular complexity index is 1190. The van der Waals surface area contributed by atoms with E-state index in [1.54, 1.807) is 24.3 Å². The highest BCUT2D eigenvalue weighted by molar-refractivity contribution is 7.89. The Morgan fingerprint density at radius 1 is 1.03 bits per heavy atom. The van der Waals surface area contributed by atoms with Gasteiger partial charge in [-0.3, -0.25) is 0 Å². The number of benzene rings is 3. The van der Waals surface area contributed by atoms with Gasteiger partial charge >= 0.3 is 0 Å². The van der Waals surface area contributed by atoms with Crippen molar-refractivity contribution in [2.45, 2.75) is 18.0 Å². The van der Waals surface area contributed by atoms with E-state index in [1.165, 1.54) is 37.4 Å². The molecule has 3 aromatic carbocycles. The smallest absolute Gasteiger partial charge is 0.238 e. The molecule has 0 saturated carbocycles. The van der Waals surface area contributed by atoms with Gasteiger partial charge in [0.05, 0.1) is 22.1 Å². The summed E-state index contributed by atoms with van der Waals surface area (Å²) in [6.07, 6.45) is 0. The van der Waals surface area contributed by atoms with E-state index in [1.807, 2.05) is 0 Å². The number of rotatable bonds is 8. The molecule has 6 nitrogen and oxygen atoms in total. The number of primary sulfonamides is 1. The predicted molar refractivity (Wildman–Crippen MR) is 119 cm³/mol. The van der Waals surface area contributed by atoms with Crippen molar-refractivity contribution in [3.63, 3.8) is 0 Å². The molecule has 3 rings (SSSR count). The fourth-order valence-corrected chi connectivity index (χ4v) is 3.80. The van der Waals surface area contributed by atoms with E-state index in [0.717, 1.165) is 5.56 Å². The van der Waals surface area contributed by atoms with Gasteiger partial charge in [0, 0.05) is 17.8 Å². The van der Waals surface area contributed by atoms with E-state index in [4.69, 9.17) is 37.8 Å². The van der Waals surface area contributed by atoms with Crippen LogP contribution in [-0.4, -0.2) is 15.5 Å². The first-order valence-corrected chi connectivity index (χ1v) is 11.3. The third-order valence-corrected chi connectivity index (χ3v) is 5.92. The Labute approximate surface area is 189 Å². The standard InChI is InChI=1S/C21H19Cl2FN2O4S/c1-29-20-9-13(11-26-16-4-6-17(7-5-16)31(25,27)28)8-19(23)21(20)30-12-14-2-3-15(24)10-18(14)22/h2-10,26H,11-12H2,1H3,(H2,25,27,28). The lowest BCUT2D eigenvalue weighted by molar-refractivity contribution is 0.284. The quantitative estimate of drug-likeness (QED) is 0.470. The summed E-state index contributed by atoms with van der Waals surface area (Å²) in [7, 11) is -2.25. The highest BCUT2D eigenvalue weighted by Crippen LogP contribution is 2.37. The first kappa shape index (κ1) is 23.1. The van der Waals surface area contributed by atoms with Gasteiger partial charge in [-0.2, -0.15) is 0 Å². The maximum atomic E-state index is 13.2. The number of methoxy groups -OCH3 is 1. The maximum Gasteiger partial charge on any atom is 0.238 e. The molecular weight excluding hydrogens is 466 g/mol. The Morgan fingerprint density at radius 3 is 2.35 bits per heavy atom. The van der Waals surface area contributed by atoms with Crippen molar-refractivity contribution < 1.29 is 22.3 Å². The molecule has 3 aromatic rings. The molecule has 164 valence electrons. The molecule has 0 saturated heterocycles. The Hall–Kier alpha value is -2.52. The monoisotopic (exact) mass is 484 g/mol. The largest absolute Gasteiger partial charge is 0.493 e. The molecule has 0 spiro atoms. The minimum absolute atomic E-state index is 0.0329. The van der Waals surface area contributed by atoms with Crippen LogP contribution in [0.25, 0.3) is 0 Å². The van der Waals surface area contributed by atoms with Gasteiger partial charge in [0.2, 0.25) is 10.0 Å². The molecular formula is C21H19Cl2FN2O4S. The van der Waals surface area contributed by atoms with E-state index < -0.39 is 15.8 Å². The van der Waals surface area contributed by atoms with Crippen LogP contribution in [-0.2, 0) is 23.2 Å². The summed E-state index contributed by atoms with van der Waals surface area (Å²) < 4.78 is 47.0. The van der Waals surface area contributed by atoms with Crippen molar-refractivity contribution in [3.05, 3.63) is 81.6 Å². The molecule has 0 aliphatic rings. The molecule has 0 unspecified atom stereocenters. The van der Waals surface area contributed by atoms with Gasteiger partial charge in [-0.15, -0.1) is 0 Å². The summed E-state index contributed by atoms with van der Waals surface area (Å²) in [5.74, 6) is 0.332. The van der Waals surface area contributed by atoms with Crippen LogP contribution in [0, 0.1) is 5.82 Å². The van der Waals surface area contributed by atoms with Crippen molar-refractivity contribution in [1.82, 2.24) is 0 Å². The van der Waals surface area contributed by atoms with Crippen molar-refractivity contribution in [2.24, 2.45) is 5.14 Å². The summed E-state index contributed by atoms with van der Waals surface area (Å²) in [5, 5.41) is 8.85. The molecule has 0 aromatic heterocycles. The molecule has 0 aliphatic carbocycles. The molecule has 0 atom stereocenters. The lowest BCUT2D eigenvalue weighted by Crippen LogP contribution is -2.12. The summed E-state index contributed by atoms with van der Waals surface area (Å²) in [4.78, 5) is 0.0329. The van der Waals surface area contributed by atoms with Gasteiger partial charge < -0.3 is 14.8 Å². The molecule has 3 N–H and O–H groups in total. The molecule has 31 heavy (non-hydrogen) atoms. The van der Waals surface area contributed by atoms with Crippen LogP contribution in [0.1, 0.15) is 11.1 Å². The normalized spacial score (nSPS) is 11.3. The number of hydrogen-bond donors (Lipinski definition) is 2.